The second-order valence-corrected chi connectivity index (χ2v) is 16.1. The van der Waals surface area contributed by atoms with E-state index in [-0.39, 0.29) is 48.1 Å². The van der Waals surface area contributed by atoms with Crippen LogP contribution in [0.5, 0.6) is 17.4 Å². The third-order valence-electron chi connectivity index (χ3n) is 9.58. The van der Waals surface area contributed by atoms with Crippen molar-refractivity contribution in [1.82, 2.24) is 15.2 Å². The molecule has 11 nitrogen and oxygen atoms in total. The van der Waals surface area contributed by atoms with E-state index in [1.54, 1.807) is 6.92 Å². The number of ether oxygens (including phenoxy) is 3. The van der Waals surface area contributed by atoms with Crippen molar-refractivity contribution in [1.29, 1.82) is 0 Å². The maximum Gasteiger partial charge on any atom is 0.586 e. The second kappa shape index (κ2) is 10.9. The molecule has 5 atom stereocenters. The number of ketones is 1. The average molecular weight is 662 g/mol. The zero-order valence-electron chi connectivity index (χ0n) is 26.0. The number of halogens is 2. The predicted octanol–water partition coefficient (Wildman–Crippen LogP) is 3.79. The van der Waals surface area contributed by atoms with E-state index in [9.17, 15) is 31.6 Å². The number of carbonyl (C=O) groups excluding carboxylic acids is 3. The molecule has 248 valence electrons. The molecule has 0 spiro atoms. The number of alkyl halides is 2. The van der Waals surface area contributed by atoms with Crippen molar-refractivity contribution in [3.63, 3.8) is 0 Å². The first kappa shape index (κ1) is 32.1. The maximum atomic E-state index is 14.0. The highest BCUT2D eigenvalue weighted by molar-refractivity contribution is 7.93. The van der Waals surface area contributed by atoms with Crippen molar-refractivity contribution < 1.29 is 45.8 Å². The number of hydrogen-bond donors (Lipinski definition) is 1. The van der Waals surface area contributed by atoms with Gasteiger partial charge < -0.3 is 24.4 Å². The molecular formula is C32H37F2N3O8S. The molecule has 0 bridgehead atoms. The number of benzene rings is 1. The zero-order valence-corrected chi connectivity index (χ0v) is 26.9. The monoisotopic (exact) mass is 661 g/mol. The van der Waals surface area contributed by atoms with E-state index in [0.29, 0.717) is 18.2 Å². The fourth-order valence-corrected chi connectivity index (χ4v) is 7.86. The molecule has 2 saturated carbocycles. The first-order valence-electron chi connectivity index (χ1n) is 15.3. The third kappa shape index (κ3) is 5.80. The van der Waals surface area contributed by atoms with Gasteiger partial charge in [0.25, 0.3) is 0 Å². The smallest absolute Gasteiger partial charge is 0.472 e. The molecule has 1 aromatic heterocycles. The topological polar surface area (TPSA) is 141 Å². The molecule has 3 heterocycles. The van der Waals surface area contributed by atoms with Crippen molar-refractivity contribution in [2.24, 2.45) is 17.3 Å². The lowest BCUT2D eigenvalue weighted by atomic mass is 9.81. The molecule has 4 aliphatic rings. The molecule has 46 heavy (non-hydrogen) atoms. The lowest BCUT2D eigenvalue weighted by molar-refractivity contribution is -0.286. The molecule has 2 aromatic rings. The van der Waals surface area contributed by atoms with Crippen molar-refractivity contribution in [3.8, 4) is 17.4 Å². The zero-order chi connectivity index (χ0) is 33.4. The SMILES string of the molecule is C=C[C@@H]1C[C@]1(NC(=O)[C@@H]1C[C@@H](Oc2nccc3c4c(ccc23)OC(F)(F)O4)CN1C(=O)[C@@H](C)C(C)(C)C)C(=O)CS(=O)(=O)C1CC1. The Morgan fingerprint density at radius 2 is 1.91 bits per heavy atom. The average Bonchev–Trinajstić information content (AvgIpc) is 3.88. The van der Waals surface area contributed by atoms with E-state index < -0.39 is 73.8 Å². The number of pyridine rings is 1. The predicted molar refractivity (Wildman–Crippen MR) is 162 cm³/mol. The van der Waals surface area contributed by atoms with E-state index >= 15 is 0 Å². The molecule has 14 heteroatoms. The van der Waals surface area contributed by atoms with Crippen LogP contribution in [0.1, 0.15) is 53.4 Å². The van der Waals surface area contributed by atoms with Crippen molar-refractivity contribution in [2.45, 2.75) is 82.6 Å². The highest BCUT2D eigenvalue weighted by atomic mass is 32.2. The molecule has 2 aliphatic carbocycles. The van der Waals surface area contributed by atoms with Gasteiger partial charge in [-0.2, -0.15) is 0 Å². The maximum absolute atomic E-state index is 14.0. The molecule has 0 unspecified atom stereocenters. The minimum Gasteiger partial charge on any atom is -0.472 e. The highest BCUT2D eigenvalue weighted by Crippen LogP contribution is 2.48. The Hall–Kier alpha value is -3.81. The van der Waals surface area contributed by atoms with E-state index in [4.69, 9.17) is 9.47 Å². The summed E-state index contributed by atoms with van der Waals surface area (Å²) in [6.07, 6.45) is -0.344. The standard InChI is InChI=1S/C32H37F2N3O8S/c1-6-18-14-31(18,25(38)16-46(41,42)20-7-8-20)36-27(39)23-13-19(15-37(23)29(40)17(2)30(3,4)5)43-28-22-9-10-24-26(21(22)11-12-35-28)45-32(33,34)44-24/h6,9-12,17-20,23H,1,7-8,13-16H2,2-5H3,(H,36,39)/t17-,18-,19-,23+,31-/m1/s1. The summed E-state index contributed by atoms with van der Waals surface area (Å²) in [5, 5.41) is 2.94. The van der Waals surface area contributed by atoms with Crippen LogP contribution in [-0.4, -0.2) is 77.4 Å². The van der Waals surface area contributed by atoms with Gasteiger partial charge in [-0.25, -0.2) is 13.4 Å². The quantitative estimate of drug-likeness (QED) is 0.377. The van der Waals surface area contributed by atoms with Crippen LogP contribution in [0.15, 0.2) is 37.1 Å². The minimum atomic E-state index is -3.81. The van der Waals surface area contributed by atoms with Gasteiger partial charge in [0.15, 0.2) is 27.1 Å². The highest BCUT2D eigenvalue weighted by Gasteiger charge is 2.61. The summed E-state index contributed by atoms with van der Waals surface area (Å²) >= 11 is 0. The van der Waals surface area contributed by atoms with Crippen molar-refractivity contribution in [3.05, 3.63) is 37.1 Å². The number of likely N-dealkylation sites (tertiary alicyclic amines) is 1. The van der Waals surface area contributed by atoms with Gasteiger partial charge in [0.2, 0.25) is 17.7 Å². The van der Waals surface area contributed by atoms with E-state index in [2.05, 4.69) is 21.6 Å². The Bertz CT molecular complexity index is 1740. The van der Waals surface area contributed by atoms with Crippen LogP contribution in [0.3, 0.4) is 0 Å². The van der Waals surface area contributed by atoms with Gasteiger partial charge in [-0.05, 0) is 42.9 Å². The number of carbonyl (C=O) groups is 3. The number of hydrogen-bond acceptors (Lipinski definition) is 9. The summed E-state index contributed by atoms with van der Waals surface area (Å²) in [6, 6.07) is 3.29. The van der Waals surface area contributed by atoms with Gasteiger partial charge in [-0.1, -0.05) is 33.8 Å². The molecule has 1 N–H and O–H groups in total. The Morgan fingerprint density at radius 3 is 2.54 bits per heavy atom. The lowest BCUT2D eigenvalue weighted by Crippen LogP contribution is -2.55. The van der Waals surface area contributed by atoms with Crippen LogP contribution in [-0.2, 0) is 24.2 Å². The summed E-state index contributed by atoms with van der Waals surface area (Å²) in [5.74, 6) is -3.27. The third-order valence-corrected chi connectivity index (χ3v) is 11.7. The summed E-state index contributed by atoms with van der Waals surface area (Å²) in [5.41, 5.74) is -1.84. The molecule has 6 rings (SSSR count). The number of aromatic nitrogens is 1. The van der Waals surface area contributed by atoms with Crippen LogP contribution in [0, 0.1) is 17.3 Å². The van der Waals surface area contributed by atoms with E-state index in [1.165, 1.54) is 35.4 Å². The first-order chi connectivity index (χ1) is 21.5. The fourth-order valence-electron chi connectivity index (χ4n) is 6.15. The van der Waals surface area contributed by atoms with Gasteiger partial charge in [-0.3, -0.25) is 14.4 Å². The van der Waals surface area contributed by atoms with Gasteiger partial charge in [0.05, 0.1) is 11.8 Å². The summed E-state index contributed by atoms with van der Waals surface area (Å²) < 4.78 is 68.4. The van der Waals surface area contributed by atoms with E-state index in [0.717, 1.165) is 0 Å². The normalized spacial score (nSPS) is 27.3. The number of nitrogens with one attached hydrogen (secondary N) is 1. The number of Topliss-reactive ketones (excluding diaryl/α,β-unsaturated/α-hetero) is 1. The number of sulfone groups is 1. The second-order valence-electron chi connectivity index (χ2n) is 13.8. The van der Waals surface area contributed by atoms with Crippen LogP contribution in [0.2, 0.25) is 0 Å². The van der Waals surface area contributed by atoms with Gasteiger partial charge in [0.1, 0.15) is 23.4 Å². The summed E-state index contributed by atoms with van der Waals surface area (Å²) in [6.45, 7) is 11.3. The molecule has 1 aromatic carbocycles. The van der Waals surface area contributed by atoms with Crippen LogP contribution in [0.4, 0.5) is 8.78 Å². The van der Waals surface area contributed by atoms with Gasteiger partial charge in [-0.15, -0.1) is 15.4 Å². The molecule has 2 amide bonds. The molecule has 0 radical (unpaired) electrons. The number of rotatable bonds is 10. The fraction of sp³-hybridized carbons (Fsp3) is 0.562. The Balaban J connectivity index is 1.26. The summed E-state index contributed by atoms with van der Waals surface area (Å²) in [7, 11) is -3.62. The largest absolute Gasteiger partial charge is 0.586 e. The molecular weight excluding hydrogens is 624 g/mol. The van der Waals surface area contributed by atoms with E-state index in [1.807, 2.05) is 20.8 Å². The number of fused-ring (bicyclic) bond motifs is 3. The number of nitrogens with zero attached hydrogens (tertiary/aromatic N) is 2. The van der Waals surface area contributed by atoms with Gasteiger partial charge >= 0.3 is 6.29 Å². The first-order valence-corrected chi connectivity index (χ1v) is 17.0. The molecule has 2 aliphatic heterocycles. The lowest BCUT2D eigenvalue weighted by Gasteiger charge is -2.33. The van der Waals surface area contributed by atoms with Crippen molar-refractivity contribution in [2.75, 3.05) is 12.3 Å². The van der Waals surface area contributed by atoms with Crippen LogP contribution >= 0.6 is 0 Å². The number of amides is 2. The molecule has 1 saturated heterocycles. The molecule has 3 fully saturated rings. The van der Waals surface area contributed by atoms with Crippen molar-refractivity contribution >= 4 is 38.2 Å². The summed E-state index contributed by atoms with van der Waals surface area (Å²) in [4.78, 5) is 46.9. The Labute approximate surface area is 265 Å². The van der Waals surface area contributed by atoms with Gasteiger partial charge in [0, 0.05) is 35.2 Å². The Morgan fingerprint density at radius 1 is 1.20 bits per heavy atom. The Kier molecular flexibility index (Phi) is 7.60. The van der Waals surface area contributed by atoms with Crippen LogP contribution in [0.25, 0.3) is 10.8 Å². The minimum absolute atomic E-state index is 0.0138. The van der Waals surface area contributed by atoms with Crippen LogP contribution < -0.4 is 19.5 Å².